The van der Waals surface area contributed by atoms with Gasteiger partial charge in [0.25, 0.3) is 0 Å². The summed E-state index contributed by atoms with van der Waals surface area (Å²) in [5.74, 6) is 0.742. The second-order valence-corrected chi connectivity index (χ2v) is 6.41. The lowest BCUT2D eigenvalue weighted by Crippen LogP contribution is -2.41. The lowest BCUT2D eigenvalue weighted by atomic mass is 9.96. The summed E-state index contributed by atoms with van der Waals surface area (Å²) in [5, 5.41) is 12.6. The fourth-order valence-electron chi connectivity index (χ4n) is 2.71. The maximum Gasteiger partial charge on any atom is 0.230 e. The van der Waals surface area contributed by atoms with E-state index in [9.17, 15) is 9.90 Å². The van der Waals surface area contributed by atoms with Gasteiger partial charge in [0, 0.05) is 23.5 Å². The molecule has 0 spiro atoms. The molecule has 0 aromatic heterocycles. The molecule has 2 unspecified atom stereocenters. The van der Waals surface area contributed by atoms with E-state index in [0.29, 0.717) is 5.75 Å². The first-order valence-electron chi connectivity index (χ1n) is 7.37. The Balaban J connectivity index is 1.80. The number of hydrogen-bond donors (Lipinski definition) is 2. The smallest absolute Gasteiger partial charge is 0.230 e. The van der Waals surface area contributed by atoms with Gasteiger partial charge in [-0.25, -0.2) is 0 Å². The van der Waals surface area contributed by atoms with Gasteiger partial charge in [0.05, 0.1) is 5.75 Å². The number of thioether (sulfide) groups is 1. The van der Waals surface area contributed by atoms with Gasteiger partial charge in [-0.2, -0.15) is 0 Å². The van der Waals surface area contributed by atoms with E-state index in [4.69, 9.17) is 0 Å². The maximum absolute atomic E-state index is 12.0. The summed E-state index contributed by atoms with van der Waals surface area (Å²) in [6.07, 6.45) is 5.53. The third-order valence-corrected chi connectivity index (χ3v) is 4.87. The summed E-state index contributed by atoms with van der Waals surface area (Å²) < 4.78 is 0. The van der Waals surface area contributed by atoms with Crippen LogP contribution in [0.3, 0.4) is 0 Å². The minimum absolute atomic E-state index is 0.0733. The van der Waals surface area contributed by atoms with E-state index in [-0.39, 0.29) is 24.5 Å². The number of amides is 1. The van der Waals surface area contributed by atoms with Crippen LogP contribution in [0.25, 0.3) is 0 Å². The molecule has 1 amide bonds. The lowest BCUT2D eigenvalue weighted by molar-refractivity contribution is -0.119. The zero-order chi connectivity index (χ0) is 14.2. The summed E-state index contributed by atoms with van der Waals surface area (Å²) in [5.41, 5.74) is 0. The molecule has 0 bridgehead atoms. The fourth-order valence-corrected chi connectivity index (χ4v) is 3.44. The Bertz CT molecular complexity index is 410. The Hall–Kier alpha value is -1.00. The van der Waals surface area contributed by atoms with Gasteiger partial charge >= 0.3 is 0 Å². The van der Waals surface area contributed by atoms with Crippen LogP contribution >= 0.6 is 11.8 Å². The average molecular weight is 293 g/mol. The summed E-state index contributed by atoms with van der Waals surface area (Å²) in [6.45, 7) is 0.177. The second kappa shape index (κ2) is 8.32. The van der Waals surface area contributed by atoms with Crippen LogP contribution < -0.4 is 5.32 Å². The minimum Gasteiger partial charge on any atom is -0.396 e. The highest BCUT2D eigenvalue weighted by molar-refractivity contribution is 8.00. The molecule has 1 aliphatic carbocycles. The van der Waals surface area contributed by atoms with Crippen molar-refractivity contribution in [3.63, 3.8) is 0 Å². The number of aliphatic hydroxyl groups excluding tert-OH is 1. The molecule has 2 rings (SSSR count). The van der Waals surface area contributed by atoms with Crippen LogP contribution in [-0.4, -0.2) is 29.4 Å². The van der Waals surface area contributed by atoms with E-state index in [1.54, 1.807) is 11.8 Å². The molecule has 0 radical (unpaired) electrons. The predicted molar refractivity (Wildman–Crippen MR) is 82.8 cm³/mol. The molecule has 0 saturated heterocycles. The quantitative estimate of drug-likeness (QED) is 0.648. The van der Waals surface area contributed by atoms with Gasteiger partial charge < -0.3 is 10.4 Å². The van der Waals surface area contributed by atoms with Crippen molar-refractivity contribution in [2.45, 2.75) is 43.0 Å². The first-order chi connectivity index (χ1) is 9.79. The Kier molecular flexibility index (Phi) is 6.40. The Morgan fingerprint density at radius 3 is 2.70 bits per heavy atom. The molecule has 110 valence electrons. The molecule has 4 heteroatoms. The van der Waals surface area contributed by atoms with Crippen molar-refractivity contribution in [2.75, 3.05) is 12.4 Å². The normalized spacial score (nSPS) is 23.1. The topological polar surface area (TPSA) is 49.3 Å². The molecule has 1 aliphatic rings. The van der Waals surface area contributed by atoms with Crippen LogP contribution in [0.1, 0.15) is 32.1 Å². The molecule has 1 saturated carbocycles. The molecule has 2 N–H and O–H groups in total. The molecule has 1 fully saturated rings. The highest BCUT2D eigenvalue weighted by atomic mass is 32.2. The molecule has 0 heterocycles. The van der Waals surface area contributed by atoms with Crippen molar-refractivity contribution in [3.8, 4) is 0 Å². The maximum atomic E-state index is 12.0. The van der Waals surface area contributed by atoms with Crippen molar-refractivity contribution in [1.82, 2.24) is 5.32 Å². The highest BCUT2D eigenvalue weighted by Crippen LogP contribution is 2.23. The third kappa shape index (κ3) is 4.84. The van der Waals surface area contributed by atoms with Gasteiger partial charge in [-0.1, -0.05) is 37.5 Å². The van der Waals surface area contributed by atoms with Gasteiger partial charge in [0.15, 0.2) is 0 Å². The van der Waals surface area contributed by atoms with Crippen LogP contribution in [0.15, 0.2) is 35.2 Å². The van der Waals surface area contributed by atoms with Gasteiger partial charge in [-0.15, -0.1) is 11.8 Å². The average Bonchev–Trinajstić information content (AvgIpc) is 2.71. The first-order valence-corrected chi connectivity index (χ1v) is 8.36. The number of carbonyl (C=O) groups is 1. The van der Waals surface area contributed by atoms with Crippen LogP contribution in [0.2, 0.25) is 0 Å². The number of carbonyl (C=O) groups excluding carboxylic acids is 1. The van der Waals surface area contributed by atoms with Crippen molar-refractivity contribution < 1.29 is 9.90 Å². The monoisotopic (exact) mass is 293 g/mol. The first kappa shape index (κ1) is 15.4. The van der Waals surface area contributed by atoms with E-state index >= 15 is 0 Å². The van der Waals surface area contributed by atoms with E-state index in [2.05, 4.69) is 5.32 Å². The minimum atomic E-state index is 0.0733. The Morgan fingerprint density at radius 2 is 1.95 bits per heavy atom. The molecule has 20 heavy (non-hydrogen) atoms. The summed E-state index contributed by atoms with van der Waals surface area (Å²) in [7, 11) is 0. The van der Waals surface area contributed by atoms with Crippen molar-refractivity contribution in [1.29, 1.82) is 0 Å². The van der Waals surface area contributed by atoms with Gasteiger partial charge in [0.1, 0.15) is 0 Å². The van der Waals surface area contributed by atoms with Crippen molar-refractivity contribution in [2.24, 2.45) is 5.92 Å². The zero-order valence-corrected chi connectivity index (χ0v) is 12.6. The number of hydrogen-bond acceptors (Lipinski definition) is 3. The molecule has 1 aromatic carbocycles. The molecule has 1 aromatic rings. The third-order valence-electron chi connectivity index (χ3n) is 3.85. The molecule has 2 atom stereocenters. The number of nitrogens with one attached hydrogen (secondary N) is 1. The van der Waals surface area contributed by atoms with E-state index in [0.717, 1.165) is 30.6 Å². The van der Waals surface area contributed by atoms with E-state index < -0.39 is 0 Å². The van der Waals surface area contributed by atoms with E-state index in [1.165, 1.54) is 6.42 Å². The Labute approximate surface area is 125 Å². The number of rotatable bonds is 5. The molecular formula is C16H23NO2S. The molecule has 0 aliphatic heterocycles. The SMILES string of the molecule is O=C(CSc1ccccc1)NC1CCCCCC1CO. The fraction of sp³-hybridized carbons (Fsp3) is 0.562. The lowest BCUT2D eigenvalue weighted by Gasteiger charge is -2.24. The predicted octanol–water partition coefficient (Wildman–Crippen LogP) is 2.84. The van der Waals surface area contributed by atoms with Gasteiger partial charge in [-0.3, -0.25) is 4.79 Å². The Morgan fingerprint density at radius 1 is 1.20 bits per heavy atom. The van der Waals surface area contributed by atoms with Gasteiger partial charge in [0.2, 0.25) is 5.91 Å². The van der Waals surface area contributed by atoms with Gasteiger partial charge in [-0.05, 0) is 25.0 Å². The molecule has 3 nitrogen and oxygen atoms in total. The molecular weight excluding hydrogens is 270 g/mol. The second-order valence-electron chi connectivity index (χ2n) is 5.36. The summed E-state index contributed by atoms with van der Waals surface area (Å²) >= 11 is 1.56. The summed E-state index contributed by atoms with van der Waals surface area (Å²) in [6, 6.07) is 10.1. The van der Waals surface area contributed by atoms with Crippen LogP contribution in [0.4, 0.5) is 0 Å². The number of aliphatic hydroxyl groups is 1. The van der Waals surface area contributed by atoms with Crippen LogP contribution in [0.5, 0.6) is 0 Å². The zero-order valence-electron chi connectivity index (χ0n) is 11.8. The number of benzene rings is 1. The van der Waals surface area contributed by atoms with Crippen LogP contribution in [-0.2, 0) is 4.79 Å². The van der Waals surface area contributed by atoms with E-state index in [1.807, 2.05) is 30.3 Å². The largest absolute Gasteiger partial charge is 0.396 e. The van der Waals surface area contributed by atoms with Crippen molar-refractivity contribution in [3.05, 3.63) is 30.3 Å². The van der Waals surface area contributed by atoms with Crippen LogP contribution in [0, 0.1) is 5.92 Å². The summed E-state index contributed by atoms with van der Waals surface area (Å²) in [4.78, 5) is 13.2. The highest BCUT2D eigenvalue weighted by Gasteiger charge is 2.24. The van der Waals surface area contributed by atoms with Crippen molar-refractivity contribution >= 4 is 17.7 Å². The standard InChI is InChI=1S/C16H23NO2S/c18-11-13-7-3-1-6-10-15(13)17-16(19)12-20-14-8-4-2-5-9-14/h2,4-5,8-9,13,15,18H,1,3,6-7,10-12H2,(H,17,19).